The number of aromatic nitrogens is 4. The van der Waals surface area contributed by atoms with Crippen molar-refractivity contribution in [2.45, 2.75) is 31.1 Å². The van der Waals surface area contributed by atoms with Crippen LogP contribution in [0.5, 0.6) is 0 Å². The Kier molecular flexibility index (Phi) is 10.5. The van der Waals surface area contributed by atoms with Crippen LogP contribution in [-0.2, 0) is 4.74 Å². The Morgan fingerprint density at radius 1 is 0.789 bits per heavy atom. The first kappa shape index (κ1) is 32.0. The lowest BCUT2D eigenvalue weighted by molar-refractivity contribution is -0.275. The van der Waals surface area contributed by atoms with Crippen LogP contribution in [0.15, 0.2) is 25.0 Å². The number of carboxylic acid groups (broad SMARTS) is 1. The summed E-state index contributed by atoms with van der Waals surface area (Å²) in [5.74, 6) is -13.5. The topological polar surface area (TPSA) is 139 Å². The van der Waals surface area contributed by atoms with E-state index < -0.39 is 66.4 Å². The van der Waals surface area contributed by atoms with E-state index in [1.54, 1.807) is 10.6 Å². The van der Waals surface area contributed by atoms with Gasteiger partial charge < -0.3 is 20.5 Å². The molecule has 0 saturated carbocycles. The lowest BCUT2D eigenvalue weighted by atomic mass is 10.3. The molecule has 0 amide bonds. The molecule has 0 fully saturated rings. The van der Waals surface area contributed by atoms with Crippen LogP contribution in [0, 0.1) is 0 Å². The number of carbonyl (C=O) groups is 2. The van der Waals surface area contributed by atoms with Crippen molar-refractivity contribution in [2.24, 2.45) is 0 Å². The third-order valence-corrected chi connectivity index (χ3v) is 3.94. The lowest BCUT2D eigenvalue weighted by Crippen LogP contribution is -2.42. The molecule has 0 aliphatic carbocycles. The molecule has 2 aromatic heterocycles. The van der Waals surface area contributed by atoms with Crippen LogP contribution in [0.25, 0.3) is 0 Å². The maximum atomic E-state index is 12.8. The average Bonchev–Trinajstić information content (AvgIpc) is 2.81. The number of carbonyl (C=O) groups excluding carboxylic acids is 1. The molecule has 0 aliphatic rings. The highest BCUT2D eigenvalue weighted by atomic mass is 19.4. The Balaban J connectivity index is 0.000000382. The van der Waals surface area contributed by atoms with Crippen molar-refractivity contribution in [1.29, 1.82) is 0 Å². The zero-order valence-corrected chi connectivity index (χ0v) is 18.7. The van der Waals surface area contributed by atoms with Gasteiger partial charge in [0.2, 0.25) is 0 Å². The molecule has 0 bridgehead atoms. The SMILES string of the molecule is CCOC(=O)c1cncnc1NCC(F)(F)C(F)(F)F.O=C(O)c1cncnc1NCC(F)(F)C(F)(F)F. The number of hydrogen-bond donors (Lipinski definition) is 3. The molecule has 2 rings (SSSR count). The molecule has 2 heterocycles. The second-order valence-electron chi connectivity index (χ2n) is 6.71. The summed E-state index contributed by atoms with van der Waals surface area (Å²) in [6, 6.07) is 0. The van der Waals surface area contributed by atoms with Crippen LogP contribution in [0.2, 0.25) is 0 Å². The minimum atomic E-state index is -5.73. The molecule has 10 nitrogen and oxygen atoms in total. The van der Waals surface area contributed by atoms with E-state index in [1.807, 2.05) is 0 Å². The van der Waals surface area contributed by atoms with E-state index >= 15 is 0 Å². The summed E-state index contributed by atoms with van der Waals surface area (Å²) >= 11 is 0. The number of hydrogen-bond acceptors (Lipinski definition) is 9. The van der Waals surface area contributed by atoms with Crippen molar-refractivity contribution >= 4 is 23.6 Å². The summed E-state index contributed by atoms with van der Waals surface area (Å²) in [5, 5.41) is 12.0. The summed E-state index contributed by atoms with van der Waals surface area (Å²) in [6.07, 6.45) is -7.96. The van der Waals surface area contributed by atoms with Gasteiger partial charge in [-0.2, -0.15) is 43.9 Å². The minimum Gasteiger partial charge on any atom is -0.477 e. The number of carboxylic acids is 1. The van der Waals surface area contributed by atoms with Crippen LogP contribution < -0.4 is 10.6 Å². The van der Waals surface area contributed by atoms with E-state index in [1.165, 1.54) is 6.92 Å². The maximum Gasteiger partial charge on any atom is 0.455 e. The zero-order chi connectivity index (χ0) is 29.4. The Morgan fingerprint density at radius 2 is 1.18 bits per heavy atom. The maximum absolute atomic E-state index is 12.8. The molecular weight excluding hydrogens is 554 g/mol. The third kappa shape index (κ3) is 8.83. The van der Waals surface area contributed by atoms with Gasteiger partial charge in [-0.3, -0.25) is 0 Å². The van der Waals surface area contributed by atoms with E-state index in [0.29, 0.717) is 0 Å². The van der Waals surface area contributed by atoms with Crippen LogP contribution in [0.3, 0.4) is 0 Å². The summed E-state index contributed by atoms with van der Waals surface area (Å²) in [7, 11) is 0. The molecule has 38 heavy (non-hydrogen) atoms. The standard InChI is InChI=1S/C10H10F5N3O2.C8H6F5N3O2/c1-2-20-8(19)6-3-16-5-18-7(6)17-4-9(11,12)10(13,14)15;9-7(10,8(11,12)13)2-15-5-4(6(17)18)1-14-3-16-5/h3,5H,2,4H2,1H3,(H,16,17,18);1,3H,2H2,(H,17,18)(H,14,15,16). The van der Waals surface area contributed by atoms with Gasteiger partial charge in [0.15, 0.2) is 0 Å². The Labute approximate surface area is 205 Å². The van der Waals surface area contributed by atoms with Crippen molar-refractivity contribution in [3.8, 4) is 0 Å². The Bertz CT molecular complexity index is 1100. The first-order chi connectivity index (χ1) is 17.3. The van der Waals surface area contributed by atoms with Gasteiger partial charge in [0.25, 0.3) is 0 Å². The van der Waals surface area contributed by atoms with Crippen LogP contribution in [0.1, 0.15) is 27.6 Å². The molecule has 3 N–H and O–H groups in total. The van der Waals surface area contributed by atoms with Gasteiger partial charge in [-0.1, -0.05) is 0 Å². The van der Waals surface area contributed by atoms with Gasteiger partial charge in [-0.05, 0) is 6.92 Å². The lowest BCUT2D eigenvalue weighted by Gasteiger charge is -2.20. The highest BCUT2D eigenvalue weighted by Gasteiger charge is 2.58. The minimum absolute atomic E-state index is 0.00583. The fourth-order valence-corrected chi connectivity index (χ4v) is 2.05. The van der Waals surface area contributed by atoms with Crippen LogP contribution >= 0.6 is 0 Å². The van der Waals surface area contributed by atoms with E-state index in [-0.39, 0.29) is 12.2 Å². The predicted molar refractivity (Wildman–Crippen MR) is 106 cm³/mol. The van der Waals surface area contributed by atoms with Crippen molar-refractivity contribution in [2.75, 3.05) is 30.3 Å². The molecule has 0 radical (unpaired) electrons. The number of esters is 1. The Hall–Kier alpha value is -4.00. The highest BCUT2D eigenvalue weighted by molar-refractivity contribution is 5.94. The second-order valence-corrected chi connectivity index (χ2v) is 6.71. The number of aromatic carboxylic acids is 1. The van der Waals surface area contributed by atoms with E-state index in [4.69, 9.17) is 5.11 Å². The van der Waals surface area contributed by atoms with Gasteiger partial charge >= 0.3 is 36.1 Å². The summed E-state index contributed by atoms with van der Waals surface area (Å²) in [4.78, 5) is 35.6. The molecule has 0 unspecified atom stereocenters. The number of nitrogens with one attached hydrogen (secondary N) is 2. The normalized spacial score (nSPS) is 12.2. The van der Waals surface area contributed by atoms with Crippen molar-refractivity contribution in [1.82, 2.24) is 19.9 Å². The average molecular weight is 570 g/mol. The predicted octanol–water partition coefficient (Wildman–Crippen LogP) is 4.05. The molecule has 0 saturated heterocycles. The van der Waals surface area contributed by atoms with Crippen molar-refractivity contribution < 1.29 is 63.3 Å². The molecule has 2 aromatic rings. The fourth-order valence-electron chi connectivity index (χ4n) is 2.05. The monoisotopic (exact) mass is 570 g/mol. The highest BCUT2D eigenvalue weighted by Crippen LogP contribution is 2.36. The number of halogens is 10. The first-order valence-electron chi connectivity index (χ1n) is 9.71. The van der Waals surface area contributed by atoms with E-state index in [9.17, 15) is 53.5 Å². The molecule has 212 valence electrons. The number of rotatable bonds is 9. The van der Waals surface area contributed by atoms with Gasteiger partial charge in [0.05, 0.1) is 19.7 Å². The Morgan fingerprint density at radius 3 is 1.55 bits per heavy atom. The van der Waals surface area contributed by atoms with Crippen LogP contribution in [0.4, 0.5) is 55.5 Å². The number of nitrogens with zero attached hydrogens (tertiary/aromatic N) is 4. The number of anilines is 2. The fraction of sp³-hybridized carbons (Fsp3) is 0.444. The van der Waals surface area contributed by atoms with E-state index in [0.717, 1.165) is 25.0 Å². The molecule has 0 aliphatic heterocycles. The van der Waals surface area contributed by atoms with E-state index in [2.05, 4.69) is 24.7 Å². The van der Waals surface area contributed by atoms with Gasteiger partial charge in [0, 0.05) is 12.4 Å². The quantitative estimate of drug-likeness (QED) is 0.299. The molecular formula is C18H16F10N6O4. The smallest absolute Gasteiger partial charge is 0.455 e. The second kappa shape index (κ2) is 12.5. The number of ether oxygens (including phenoxy) is 1. The molecule has 20 heteroatoms. The van der Waals surface area contributed by atoms with Gasteiger partial charge in [-0.15, -0.1) is 0 Å². The molecule has 0 atom stereocenters. The first-order valence-corrected chi connectivity index (χ1v) is 9.71. The van der Waals surface area contributed by atoms with Crippen molar-refractivity contribution in [3.05, 3.63) is 36.2 Å². The molecule has 0 aromatic carbocycles. The largest absolute Gasteiger partial charge is 0.477 e. The zero-order valence-electron chi connectivity index (χ0n) is 18.7. The van der Waals surface area contributed by atoms with Crippen LogP contribution in [-0.4, -0.2) is 80.9 Å². The van der Waals surface area contributed by atoms with Gasteiger partial charge in [-0.25, -0.2) is 29.5 Å². The van der Waals surface area contributed by atoms with Gasteiger partial charge in [0.1, 0.15) is 35.4 Å². The summed E-state index contributed by atoms with van der Waals surface area (Å²) < 4.78 is 127. The summed E-state index contributed by atoms with van der Waals surface area (Å²) in [6.45, 7) is -2.05. The molecule has 0 spiro atoms. The summed E-state index contributed by atoms with van der Waals surface area (Å²) in [5.41, 5.74) is -0.928. The van der Waals surface area contributed by atoms with Crippen molar-refractivity contribution in [3.63, 3.8) is 0 Å². The third-order valence-electron chi connectivity index (χ3n) is 3.94. The number of alkyl halides is 10.